The Morgan fingerprint density at radius 2 is 2.03 bits per heavy atom. The summed E-state index contributed by atoms with van der Waals surface area (Å²) in [5.74, 6) is 0.101. The lowest BCUT2D eigenvalue weighted by Gasteiger charge is -2.30. The van der Waals surface area contributed by atoms with E-state index in [-0.39, 0.29) is 22.4 Å². The van der Waals surface area contributed by atoms with Crippen LogP contribution in [0.5, 0.6) is 5.88 Å². The van der Waals surface area contributed by atoms with Crippen molar-refractivity contribution in [2.24, 2.45) is 0 Å². The van der Waals surface area contributed by atoms with Crippen molar-refractivity contribution in [3.63, 3.8) is 0 Å². The summed E-state index contributed by atoms with van der Waals surface area (Å²) in [7, 11) is 0. The monoisotopic (exact) mass is 458 g/mol. The molecule has 0 saturated heterocycles. The molecule has 1 atom stereocenters. The number of para-hydroxylation sites is 1. The van der Waals surface area contributed by atoms with Crippen LogP contribution in [0.15, 0.2) is 47.6 Å². The zero-order chi connectivity index (χ0) is 22.0. The van der Waals surface area contributed by atoms with Gasteiger partial charge in [-0.25, -0.2) is 4.39 Å². The average Bonchev–Trinajstić information content (AvgIpc) is 2.88. The Morgan fingerprint density at radius 1 is 1.23 bits per heavy atom. The first-order valence-electron chi connectivity index (χ1n) is 9.88. The number of aromatic nitrogens is 3. The van der Waals surface area contributed by atoms with Crippen molar-refractivity contribution in [2.45, 2.75) is 38.1 Å². The van der Waals surface area contributed by atoms with E-state index in [1.54, 1.807) is 24.3 Å². The smallest absolute Gasteiger partial charge is 0.247 e. The van der Waals surface area contributed by atoms with Gasteiger partial charge in [-0.15, -0.1) is 10.2 Å². The molecule has 0 spiro atoms. The topological polar surface area (TPSA) is 68.2 Å². The average molecular weight is 459 g/mol. The predicted molar refractivity (Wildman–Crippen MR) is 119 cm³/mol. The number of fused-ring (bicyclic) bond motifs is 3. The molecule has 4 rings (SSSR count). The number of ether oxygens (including phenoxy) is 1. The number of amides is 1. The summed E-state index contributed by atoms with van der Waals surface area (Å²) < 4.78 is 21.0. The summed E-state index contributed by atoms with van der Waals surface area (Å²) in [6.07, 6.45) is 0.913. The van der Waals surface area contributed by atoms with E-state index in [1.165, 1.54) is 35.7 Å². The Morgan fingerprint density at radius 3 is 2.77 bits per heavy atom. The fourth-order valence-corrected chi connectivity index (χ4v) is 4.47. The van der Waals surface area contributed by atoms with Crippen LogP contribution >= 0.6 is 23.4 Å². The number of unbranched alkanes of at least 4 members (excludes halogenated alkanes) is 1. The number of thioether (sulfide) groups is 1. The van der Waals surface area contributed by atoms with Gasteiger partial charge in [-0.2, -0.15) is 4.98 Å². The molecule has 0 aliphatic carbocycles. The number of hydrogen-bond acceptors (Lipinski definition) is 6. The molecule has 31 heavy (non-hydrogen) atoms. The van der Waals surface area contributed by atoms with Crippen molar-refractivity contribution < 1.29 is 13.9 Å². The fraction of sp³-hybridized carbons (Fsp3) is 0.273. The Hall–Kier alpha value is -2.71. The lowest BCUT2D eigenvalue weighted by atomic mass is 10.1. The number of carbonyl (C=O) groups excluding carboxylic acids is 1. The van der Waals surface area contributed by atoms with Crippen molar-refractivity contribution in [2.75, 3.05) is 10.7 Å². The minimum atomic E-state index is -1.15. The summed E-state index contributed by atoms with van der Waals surface area (Å²) in [6.45, 7) is 3.50. The lowest BCUT2D eigenvalue weighted by molar-refractivity contribution is -0.118. The maximum absolute atomic E-state index is 14.9. The number of anilines is 1. The second kappa shape index (κ2) is 9.20. The second-order valence-corrected chi connectivity index (χ2v) is 8.43. The van der Waals surface area contributed by atoms with Gasteiger partial charge >= 0.3 is 0 Å². The van der Waals surface area contributed by atoms with Gasteiger partial charge in [-0.1, -0.05) is 61.0 Å². The molecule has 1 amide bonds. The molecule has 3 aromatic rings. The molecule has 2 aromatic carbocycles. The van der Waals surface area contributed by atoms with Gasteiger partial charge in [0.15, 0.2) is 5.69 Å². The van der Waals surface area contributed by atoms with E-state index in [2.05, 4.69) is 22.1 Å². The Labute approximate surface area is 188 Å². The Bertz CT molecular complexity index is 1110. The largest absolute Gasteiger partial charge is 0.447 e. The van der Waals surface area contributed by atoms with E-state index in [0.29, 0.717) is 22.1 Å². The number of hydrogen-bond donors (Lipinski definition) is 0. The molecule has 0 bridgehead atoms. The van der Waals surface area contributed by atoms with Gasteiger partial charge in [0.05, 0.1) is 16.3 Å². The molecule has 0 radical (unpaired) electrons. The van der Waals surface area contributed by atoms with Crippen LogP contribution in [0.4, 0.5) is 10.1 Å². The summed E-state index contributed by atoms with van der Waals surface area (Å²) in [5, 5.41) is 9.18. The molecule has 0 unspecified atom stereocenters. The first kappa shape index (κ1) is 21.5. The SMILES string of the molecule is CCCCSc1nnc2c(n1)O[C@@H](c1c(F)cccc1Cl)N(C(C)=O)c1ccccc1-2. The Kier molecular flexibility index (Phi) is 6.38. The van der Waals surface area contributed by atoms with Crippen LogP contribution in [0, 0.1) is 5.82 Å². The zero-order valence-corrected chi connectivity index (χ0v) is 18.6. The van der Waals surface area contributed by atoms with Crippen molar-refractivity contribution in [1.82, 2.24) is 15.2 Å². The third-order valence-electron chi connectivity index (χ3n) is 4.83. The summed E-state index contributed by atoms with van der Waals surface area (Å²) >= 11 is 7.82. The van der Waals surface area contributed by atoms with Gasteiger partial charge in [-0.3, -0.25) is 9.69 Å². The molecule has 160 valence electrons. The van der Waals surface area contributed by atoms with Crippen LogP contribution < -0.4 is 9.64 Å². The normalized spacial score (nSPS) is 15.0. The highest BCUT2D eigenvalue weighted by Crippen LogP contribution is 2.44. The van der Waals surface area contributed by atoms with Gasteiger partial charge in [0.25, 0.3) is 0 Å². The van der Waals surface area contributed by atoms with Gasteiger partial charge in [0.1, 0.15) is 5.82 Å². The number of carbonyl (C=O) groups is 1. The third kappa shape index (κ3) is 4.22. The van der Waals surface area contributed by atoms with Gasteiger partial charge in [0.2, 0.25) is 23.2 Å². The molecule has 2 heterocycles. The number of nitrogens with zero attached hydrogens (tertiary/aromatic N) is 4. The molecule has 0 N–H and O–H groups in total. The van der Waals surface area contributed by atoms with E-state index >= 15 is 0 Å². The van der Waals surface area contributed by atoms with E-state index in [1.807, 2.05) is 6.07 Å². The maximum atomic E-state index is 14.9. The quantitative estimate of drug-likeness (QED) is 0.362. The number of rotatable bonds is 5. The first-order chi connectivity index (χ1) is 15.0. The molecule has 6 nitrogen and oxygen atoms in total. The van der Waals surface area contributed by atoms with Crippen LogP contribution in [-0.2, 0) is 4.79 Å². The minimum Gasteiger partial charge on any atom is -0.447 e. The van der Waals surface area contributed by atoms with Crippen molar-refractivity contribution in [3.8, 4) is 17.1 Å². The first-order valence-corrected chi connectivity index (χ1v) is 11.2. The van der Waals surface area contributed by atoms with Crippen LogP contribution in [0.25, 0.3) is 11.3 Å². The molecule has 1 aliphatic heterocycles. The second-order valence-electron chi connectivity index (χ2n) is 6.96. The molecule has 0 fully saturated rings. The van der Waals surface area contributed by atoms with Crippen molar-refractivity contribution in [3.05, 3.63) is 58.9 Å². The van der Waals surface area contributed by atoms with Gasteiger partial charge < -0.3 is 4.74 Å². The van der Waals surface area contributed by atoms with E-state index in [0.717, 1.165) is 18.6 Å². The summed E-state index contributed by atoms with van der Waals surface area (Å²) in [4.78, 5) is 18.6. The van der Waals surface area contributed by atoms with E-state index < -0.39 is 12.0 Å². The highest BCUT2D eigenvalue weighted by molar-refractivity contribution is 7.99. The van der Waals surface area contributed by atoms with Gasteiger partial charge in [0, 0.05) is 18.2 Å². The molecule has 9 heteroatoms. The number of halogens is 2. The molecule has 0 saturated carbocycles. The van der Waals surface area contributed by atoms with Crippen LogP contribution in [0.1, 0.15) is 38.5 Å². The summed E-state index contributed by atoms with van der Waals surface area (Å²) in [6, 6.07) is 11.5. The molecular weight excluding hydrogens is 439 g/mol. The van der Waals surface area contributed by atoms with E-state index in [9.17, 15) is 9.18 Å². The van der Waals surface area contributed by atoms with E-state index in [4.69, 9.17) is 16.3 Å². The predicted octanol–water partition coefficient (Wildman–Crippen LogP) is 5.67. The standard InChI is InChI=1S/C22H20ClFN4O2S/c1-3-4-12-31-22-25-20-19(26-27-22)14-8-5-6-11-17(14)28(13(2)29)21(30-20)18-15(23)9-7-10-16(18)24/h5-11,21H,3-4,12H2,1-2H3/t21-/m0/s1. The maximum Gasteiger partial charge on any atom is 0.247 e. The van der Waals surface area contributed by atoms with Crippen LogP contribution in [0.2, 0.25) is 5.02 Å². The molecule has 1 aromatic heterocycles. The third-order valence-corrected chi connectivity index (χ3v) is 6.08. The number of benzene rings is 2. The van der Waals surface area contributed by atoms with Gasteiger partial charge in [-0.05, 0) is 24.6 Å². The van der Waals surface area contributed by atoms with Crippen molar-refractivity contribution in [1.29, 1.82) is 0 Å². The Balaban J connectivity index is 1.90. The zero-order valence-electron chi connectivity index (χ0n) is 17.0. The molecule has 1 aliphatic rings. The lowest BCUT2D eigenvalue weighted by Crippen LogP contribution is -2.36. The fourth-order valence-electron chi connectivity index (χ4n) is 3.36. The van der Waals surface area contributed by atoms with Crippen molar-refractivity contribution >= 4 is 35.0 Å². The van der Waals surface area contributed by atoms with Crippen LogP contribution in [0.3, 0.4) is 0 Å². The molecular formula is C22H20ClFN4O2S. The minimum absolute atomic E-state index is 0.0563. The highest BCUT2D eigenvalue weighted by atomic mass is 35.5. The highest BCUT2D eigenvalue weighted by Gasteiger charge is 2.37. The van der Waals surface area contributed by atoms with Crippen LogP contribution in [-0.4, -0.2) is 26.8 Å². The summed E-state index contributed by atoms with van der Waals surface area (Å²) in [5.41, 5.74) is 1.57.